The SMILES string of the molecule is CCCCOc1cc(OCCCC)c(-c2nnnn2CCCOC)cc1-c1cccc(C(=O)OC)c1. The summed E-state index contributed by atoms with van der Waals surface area (Å²) in [7, 11) is 3.05. The lowest BCUT2D eigenvalue weighted by atomic mass is 9.98. The van der Waals surface area contributed by atoms with Crippen LogP contribution < -0.4 is 9.47 Å². The Hall–Kier alpha value is -3.46. The van der Waals surface area contributed by atoms with Crippen LogP contribution in [0.2, 0.25) is 0 Å². The van der Waals surface area contributed by atoms with Gasteiger partial charge >= 0.3 is 5.97 Å². The monoisotopic (exact) mass is 496 g/mol. The summed E-state index contributed by atoms with van der Waals surface area (Å²) in [4.78, 5) is 12.2. The van der Waals surface area contributed by atoms with Crippen molar-refractivity contribution in [1.29, 1.82) is 0 Å². The van der Waals surface area contributed by atoms with Gasteiger partial charge in [0.25, 0.3) is 0 Å². The Morgan fingerprint density at radius 2 is 1.61 bits per heavy atom. The van der Waals surface area contributed by atoms with Gasteiger partial charge in [-0.05, 0) is 53.5 Å². The number of hydrogen-bond acceptors (Lipinski definition) is 8. The molecule has 0 unspecified atom stereocenters. The van der Waals surface area contributed by atoms with Crippen LogP contribution in [-0.4, -0.2) is 60.2 Å². The maximum Gasteiger partial charge on any atom is 0.337 e. The van der Waals surface area contributed by atoms with E-state index < -0.39 is 5.97 Å². The standard InChI is InChI=1S/C27H36N4O5/c1-5-7-15-35-24-19-25(36-16-8-6-2)23(26-28-29-30-31(26)13-10-14-33-3)18-22(24)20-11-9-12-21(17-20)27(32)34-4/h9,11-12,17-19H,5-8,10,13-16H2,1-4H3. The van der Waals surface area contributed by atoms with Crippen molar-refractivity contribution in [2.45, 2.75) is 52.5 Å². The normalized spacial score (nSPS) is 10.9. The number of ether oxygens (including phenoxy) is 4. The van der Waals surface area contributed by atoms with Crippen LogP contribution in [0.1, 0.15) is 56.3 Å². The molecule has 1 aromatic heterocycles. The van der Waals surface area contributed by atoms with E-state index in [0.717, 1.165) is 48.8 Å². The molecule has 0 fully saturated rings. The maximum absolute atomic E-state index is 12.2. The highest BCUT2D eigenvalue weighted by atomic mass is 16.5. The van der Waals surface area contributed by atoms with Gasteiger partial charge in [0.1, 0.15) is 11.5 Å². The molecular formula is C27H36N4O5. The van der Waals surface area contributed by atoms with Crippen molar-refractivity contribution >= 4 is 5.97 Å². The largest absolute Gasteiger partial charge is 0.493 e. The number of aromatic nitrogens is 4. The van der Waals surface area contributed by atoms with E-state index in [2.05, 4.69) is 29.4 Å². The quantitative estimate of drug-likeness (QED) is 0.209. The maximum atomic E-state index is 12.2. The van der Waals surface area contributed by atoms with Gasteiger partial charge in [0.2, 0.25) is 0 Å². The van der Waals surface area contributed by atoms with Gasteiger partial charge in [-0.3, -0.25) is 0 Å². The predicted molar refractivity (Wildman–Crippen MR) is 137 cm³/mol. The number of benzene rings is 2. The minimum absolute atomic E-state index is 0.396. The molecule has 0 saturated carbocycles. The van der Waals surface area contributed by atoms with Gasteiger partial charge in [0.05, 0.1) is 31.5 Å². The van der Waals surface area contributed by atoms with Gasteiger partial charge < -0.3 is 18.9 Å². The highest BCUT2D eigenvalue weighted by Gasteiger charge is 2.20. The van der Waals surface area contributed by atoms with Crippen molar-refractivity contribution in [3.63, 3.8) is 0 Å². The summed E-state index contributed by atoms with van der Waals surface area (Å²) in [5.74, 6) is 1.54. The smallest absolute Gasteiger partial charge is 0.337 e. The molecule has 0 N–H and O–H groups in total. The number of carbonyl (C=O) groups excluding carboxylic acids is 1. The molecule has 9 nitrogen and oxygen atoms in total. The Bertz CT molecular complexity index is 1120. The van der Waals surface area contributed by atoms with E-state index in [1.807, 2.05) is 24.3 Å². The fraction of sp³-hybridized carbons (Fsp3) is 0.481. The number of esters is 1. The second-order valence-electron chi connectivity index (χ2n) is 8.39. The van der Waals surface area contributed by atoms with Crippen molar-refractivity contribution in [3.05, 3.63) is 42.0 Å². The Labute approximate surface area is 212 Å². The first-order valence-corrected chi connectivity index (χ1v) is 12.5. The summed E-state index contributed by atoms with van der Waals surface area (Å²) in [6, 6.07) is 11.2. The molecular weight excluding hydrogens is 460 g/mol. The number of tetrazole rings is 1. The van der Waals surface area contributed by atoms with Crippen LogP contribution in [0, 0.1) is 0 Å². The number of aryl methyl sites for hydroxylation is 1. The molecule has 1 heterocycles. The molecule has 9 heteroatoms. The zero-order valence-electron chi connectivity index (χ0n) is 21.7. The summed E-state index contributed by atoms with van der Waals surface area (Å²) in [6.07, 6.45) is 4.65. The zero-order valence-corrected chi connectivity index (χ0v) is 21.7. The van der Waals surface area contributed by atoms with Crippen LogP contribution in [0.15, 0.2) is 36.4 Å². The van der Waals surface area contributed by atoms with E-state index in [1.165, 1.54) is 7.11 Å². The third-order valence-electron chi connectivity index (χ3n) is 5.68. The summed E-state index contributed by atoms with van der Waals surface area (Å²) in [5, 5.41) is 12.4. The molecule has 0 amide bonds. The van der Waals surface area contributed by atoms with Crippen molar-refractivity contribution in [2.24, 2.45) is 0 Å². The molecule has 0 aliphatic heterocycles. The Morgan fingerprint density at radius 1 is 0.889 bits per heavy atom. The van der Waals surface area contributed by atoms with Crippen LogP contribution in [0.4, 0.5) is 0 Å². The molecule has 0 aliphatic carbocycles. The van der Waals surface area contributed by atoms with Crippen molar-refractivity contribution in [2.75, 3.05) is 34.0 Å². The van der Waals surface area contributed by atoms with E-state index in [1.54, 1.807) is 23.9 Å². The molecule has 0 atom stereocenters. The van der Waals surface area contributed by atoms with Gasteiger partial charge in [-0.2, -0.15) is 0 Å². The first-order valence-electron chi connectivity index (χ1n) is 12.5. The Kier molecular flexibility index (Phi) is 10.7. The van der Waals surface area contributed by atoms with Crippen LogP contribution in [-0.2, 0) is 16.0 Å². The number of nitrogens with zero attached hydrogens (tertiary/aromatic N) is 4. The van der Waals surface area contributed by atoms with E-state index in [0.29, 0.717) is 49.3 Å². The molecule has 0 radical (unpaired) electrons. The topological polar surface area (TPSA) is 97.6 Å². The van der Waals surface area contributed by atoms with Crippen LogP contribution in [0.5, 0.6) is 11.5 Å². The zero-order chi connectivity index (χ0) is 25.8. The molecule has 0 spiro atoms. The number of rotatable bonds is 15. The average Bonchev–Trinajstić information content (AvgIpc) is 3.37. The first kappa shape index (κ1) is 27.1. The minimum Gasteiger partial charge on any atom is -0.493 e. The van der Waals surface area contributed by atoms with Crippen molar-refractivity contribution < 1.29 is 23.7 Å². The van der Waals surface area contributed by atoms with E-state index in [9.17, 15) is 4.79 Å². The fourth-order valence-electron chi connectivity index (χ4n) is 3.69. The second-order valence-corrected chi connectivity index (χ2v) is 8.39. The Morgan fingerprint density at radius 3 is 2.28 bits per heavy atom. The number of hydrogen-bond donors (Lipinski definition) is 0. The Balaban J connectivity index is 2.13. The van der Waals surface area contributed by atoms with E-state index in [-0.39, 0.29) is 0 Å². The molecule has 36 heavy (non-hydrogen) atoms. The highest BCUT2D eigenvalue weighted by molar-refractivity contribution is 5.91. The lowest BCUT2D eigenvalue weighted by molar-refractivity contribution is 0.0600. The lowest BCUT2D eigenvalue weighted by Crippen LogP contribution is -2.08. The highest BCUT2D eigenvalue weighted by Crippen LogP contribution is 2.41. The van der Waals surface area contributed by atoms with Crippen molar-refractivity contribution in [1.82, 2.24) is 20.2 Å². The van der Waals surface area contributed by atoms with Gasteiger partial charge in [-0.1, -0.05) is 38.8 Å². The molecule has 2 aromatic carbocycles. The number of unbranched alkanes of at least 4 members (excludes halogenated alkanes) is 2. The summed E-state index contributed by atoms with van der Waals surface area (Å²) in [6.45, 7) is 6.59. The average molecular weight is 497 g/mol. The van der Waals surface area contributed by atoms with Gasteiger partial charge in [-0.15, -0.1) is 5.10 Å². The van der Waals surface area contributed by atoms with Crippen LogP contribution >= 0.6 is 0 Å². The summed E-state index contributed by atoms with van der Waals surface area (Å²) in [5.41, 5.74) is 2.86. The van der Waals surface area contributed by atoms with Gasteiger partial charge in [0.15, 0.2) is 5.82 Å². The summed E-state index contributed by atoms with van der Waals surface area (Å²) >= 11 is 0. The van der Waals surface area contributed by atoms with Gasteiger partial charge in [-0.25, -0.2) is 9.48 Å². The van der Waals surface area contributed by atoms with Gasteiger partial charge in [0, 0.05) is 31.9 Å². The fourth-order valence-corrected chi connectivity index (χ4v) is 3.69. The molecule has 3 aromatic rings. The second kappa shape index (κ2) is 14.2. The third-order valence-corrected chi connectivity index (χ3v) is 5.68. The number of carbonyl (C=O) groups is 1. The van der Waals surface area contributed by atoms with E-state index in [4.69, 9.17) is 18.9 Å². The lowest BCUT2D eigenvalue weighted by Gasteiger charge is -2.18. The minimum atomic E-state index is -0.396. The first-order chi connectivity index (χ1) is 17.6. The molecule has 0 aliphatic rings. The van der Waals surface area contributed by atoms with Crippen LogP contribution in [0.25, 0.3) is 22.5 Å². The van der Waals surface area contributed by atoms with E-state index >= 15 is 0 Å². The van der Waals surface area contributed by atoms with Crippen molar-refractivity contribution in [3.8, 4) is 34.0 Å². The molecule has 0 bridgehead atoms. The summed E-state index contributed by atoms with van der Waals surface area (Å²) < 4.78 is 24.3. The van der Waals surface area contributed by atoms with Crippen LogP contribution in [0.3, 0.4) is 0 Å². The predicted octanol–water partition coefficient (Wildman–Crippen LogP) is 5.19. The third kappa shape index (κ3) is 7.04. The molecule has 3 rings (SSSR count). The number of methoxy groups -OCH3 is 2. The molecule has 194 valence electrons. The molecule has 0 saturated heterocycles.